The molecule has 4 bridgehead atoms. The molecule has 0 saturated carbocycles. The Morgan fingerprint density at radius 1 is 0.833 bits per heavy atom. The van der Waals surface area contributed by atoms with E-state index in [1.54, 1.807) is 47.4 Å². The molecule has 3 aromatic rings. The quantitative estimate of drug-likeness (QED) is 0.377. The third-order valence-electron chi connectivity index (χ3n) is 7.60. The number of anilines is 1. The minimum Gasteiger partial charge on any atom is -0.507 e. The Balaban J connectivity index is 1.36. The molecular weight excluding hydrogens is 534 g/mol. The van der Waals surface area contributed by atoms with Gasteiger partial charge in [0.1, 0.15) is 5.75 Å². The van der Waals surface area contributed by atoms with Crippen molar-refractivity contribution in [2.45, 2.75) is 26.2 Å². The number of nitrogens with one attached hydrogen (secondary N) is 3. The van der Waals surface area contributed by atoms with Crippen LogP contribution in [-0.2, 0) is 11.2 Å². The van der Waals surface area contributed by atoms with Crippen molar-refractivity contribution in [1.29, 1.82) is 0 Å². The number of nitrogens with zero attached hydrogens (tertiary/aromatic N) is 2. The van der Waals surface area contributed by atoms with Gasteiger partial charge in [-0.3, -0.25) is 19.3 Å². The number of benzene rings is 3. The van der Waals surface area contributed by atoms with Crippen LogP contribution in [0.4, 0.5) is 10.5 Å². The summed E-state index contributed by atoms with van der Waals surface area (Å²) in [6.45, 7) is 3.90. The normalized spacial score (nSPS) is 16.6. The molecule has 218 valence electrons. The van der Waals surface area contributed by atoms with E-state index in [1.165, 1.54) is 4.90 Å². The smallest absolute Gasteiger partial charge is 0.322 e. The third kappa shape index (κ3) is 6.54. The van der Waals surface area contributed by atoms with E-state index in [0.717, 1.165) is 16.7 Å². The lowest BCUT2D eigenvalue weighted by molar-refractivity contribution is -0.121. The van der Waals surface area contributed by atoms with E-state index in [0.29, 0.717) is 74.4 Å². The molecule has 2 heterocycles. The second-order valence-electron chi connectivity index (χ2n) is 10.6. The highest BCUT2D eigenvalue weighted by Gasteiger charge is 2.25. The molecule has 4 N–H and O–H groups in total. The molecule has 0 unspecified atom stereocenters. The molecule has 0 radical (unpaired) electrons. The lowest BCUT2D eigenvalue weighted by Gasteiger charge is -2.24. The van der Waals surface area contributed by atoms with Crippen molar-refractivity contribution >= 4 is 29.4 Å². The highest BCUT2D eigenvalue weighted by molar-refractivity contribution is 6.00. The first-order chi connectivity index (χ1) is 20.3. The van der Waals surface area contributed by atoms with Crippen molar-refractivity contribution in [2.75, 3.05) is 44.2 Å². The van der Waals surface area contributed by atoms with Crippen LogP contribution in [0.3, 0.4) is 0 Å². The van der Waals surface area contributed by atoms with Gasteiger partial charge in [-0.25, -0.2) is 4.79 Å². The zero-order chi connectivity index (χ0) is 29.6. The summed E-state index contributed by atoms with van der Waals surface area (Å²) in [7, 11) is 0. The zero-order valence-electron chi connectivity index (χ0n) is 23.6. The van der Waals surface area contributed by atoms with E-state index < -0.39 is 0 Å². The number of hydrogen-bond acceptors (Lipinski definition) is 5. The van der Waals surface area contributed by atoms with E-state index in [4.69, 9.17) is 0 Å². The Bertz CT molecular complexity index is 1520. The number of aryl methyl sites for hydroxylation is 1. The van der Waals surface area contributed by atoms with Crippen molar-refractivity contribution in [3.63, 3.8) is 0 Å². The Kier molecular flexibility index (Phi) is 8.71. The van der Waals surface area contributed by atoms with Gasteiger partial charge >= 0.3 is 6.03 Å². The number of urea groups is 1. The summed E-state index contributed by atoms with van der Waals surface area (Å²) in [6, 6.07) is 17.4. The molecule has 5 amide bonds. The van der Waals surface area contributed by atoms with Gasteiger partial charge in [-0.2, -0.15) is 0 Å². The summed E-state index contributed by atoms with van der Waals surface area (Å²) in [5.74, 6) is -0.701. The van der Waals surface area contributed by atoms with Crippen LogP contribution in [-0.4, -0.2) is 73.0 Å². The molecule has 0 aliphatic carbocycles. The van der Waals surface area contributed by atoms with Crippen LogP contribution in [0.15, 0.2) is 60.7 Å². The molecular formula is C32H35N5O5. The van der Waals surface area contributed by atoms with Gasteiger partial charge in [0.05, 0.1) is 6.54 Å². The van der Waals surface area contributed by atoms with E-state index in [2.05, 4.69) is 16.0 Å². The number of phenols is 1. The van der Waals surface area contributed by atoms with Crippen LogP contribution in [0.1, 0.15) is 44.7 Å². The van der Waals surface area contributed by atoms with Crippen LogP contribution in [0.2, 0.25) is 0 Å². The second kappa shape index (κ2) is 12.8. The summed E-state index contributed by atoms with van der Waals surface area (Å²) in [6.07, 6.45) is 1.70. The summed E-state index contributed by atoms with van der Waals surface area (Å²) in [4.78, 5) is 54.9. The molecule has 1 fully saturated rings. The second-order valence-corrected chi connectivity index (χ2v) is 10.6. The Hall–Kier alpha value is -4.86. The molecule has 10 heteroatoms. The van der Waals surface area contributed by atoms with Crippen molar-refractivity contribution in [3.05, 3.63) is 82.9 Å². The van der Waals surface area contributed by atoms with Crippen LogP contribution in [0.25, 0.3) is 11.1 Å². The number of carbonyl (C=O) groups excluding carboxylic acids is 4. The van der Waals surface area contributed by atoms with Crippen molar-refractivity contribution in [2.24, 2.45) is 0 Å². The molecule has 0 spiro atoms. The maximum Gasteiger partial charge on any atom is 0.322 e. The topological polar surface area (TPSA) is 131 Å². The van der Waals surface area contributed by atoms with E-state index in [-0.39, 0.29) is 36.0 Å². The number of hydrogen-bond donors (Lipinski definition) is 4. The number of phenolic OH excluding ortho intramolecular Hbond substituents is 1. The highest BCUT2D eigenvalue weighted by Crippen LogP contribution is 2.31. The molecule has 3 aromatic carbocycles. The van der Waals surface area contributed by atoms with E-state index in [9.17, 15) is 24.3 Å². The fourth-order valence-electron chi connectivity index (χ4n) is 5.27. The van der Waals surface area contributed by atoms with Gasteiger partial charge in [0.25, 0.3) is 11.8 Å². The Morgan fingerprint density at radius 3 is 2.48 bits per heavy atom. The van der Waals surface area contributed by atoms with Gasteiger partial charge < -0.3 is 26.0 Å². The van der Waals surface area contributed by atoms with Gasteiger partial charge in [-0.1, -0.05) is 24.3 Å². The molecule has 0 atom stereocenters. The predicted molar refractivity (Wildman–Crippen MR) is 160 cm³/mol. The Labute approximate surface area is 244 Å². The SMILES string of the molecule is Cc1ccc(C(=O)N2CCCCNC(=O)c3cccc(c3)-c3cc(ccc3O)CCNC(=O)C2)cc1N1CCNC1=O. The van der Waals surface area contributed by atoms with Crippen molar-refractivity contribution in [1.82, 2.24) is 20.9 Å². The average Bonchev–Trinajstić information content (AvgIpc) is 3.42. The maximum absolute atomic E-state index is 13.7. The lowest BCUT2D eigenvalue weighted by atomic mass is 9.98. The largest absolute Gasteiger partial charge is 0.507 e. The van der Waals surface area contributed by atoms with Crippen LogP contribution < -0.4 is 20.9 Å². The molecule has 5 rings (SSSR count). The molecule has 2 aliphatic heterocycles. The van der Waals surface area contributed by atoms with Crippen LogP contribution in [0, 0.1) is 6.92 Å². The number of amides is 5. The molecule has 10 nitrogen and oxygen atoms in total. The zero-order valence-corrected chi connectivity index (χ0v) is 23.6. The minimum atomic E-state index is -0.301. The fourth-order valence-corrected chi connectivity index (χ4v) is 5.27. The molecule has 2 aliphatic rings. The van der Waals surface area contributed by atoms with Gasteiger partial charge in [-0.05, 0) is 79.3 Å². The van der Waals surface area contributed by atoms with Crippen LogP contribution in [0.5, 0.6) is 5.75 Å². The number of aromatic hydroxyl groups is 1. The van der Waals surface area contributed by atoms with Gasteiger partial charge in [0, 0.05) is 55.1 Å². The maximum atomic E-state index is 13.7. The van der Waals surface area contributed by atoms with Crippen LogP contribution >= 0.6 is 0 Å². The van der Waals surface area contributed by atoms with Crippen molar-refractivity contribution < 1.29 is 24.3 Å². The number of rotatable bonds is 2. The molecule has 1 saturated heterocycles. The van der Waals surface area contributed by atoms with Gasteiger partial charge in [0.2, 0.25) is 5.91 Å². The third-order valence-corrected chi connectivity index (χ3v) is 7.60. The summed E-state index contributed by atoms with van der Waals surface area (Å²) >= 11 is 0. The van der Waals surface area contributed by atoms with Gasteiger partial charge in [0.15, 0.2) is 0 Å². The molecule has 0 aromatic heterocycles. The van der Waals surface area contributed by atoms with Gasteiger partial charge in [-0.15, -0.1) is 0 Å². The van der Waals surface area contributed by atoms with E-state index >= 15 is 0 Å². The minimum absolute atomic E-state index is 0.105. The van der Waals surface area contributed by atoms with E-state index in [1.807, 2.05) is 25.1 Å². The van der Waals surface area contributed by atoms with Crippen molar-refractivity contribution in [3.8, 4) is 16.9 Å². The summed E-state index contributed by atoms with van der Waals surface area (Å²) in [5.41, 5.74) is 4.67. The standard InChI is InChI=1S/C32H35N5O5/c1-21-7-9-25(19-27(21)37-16-14-35-32(37)42)31(41)36-15-3-2-12-34-30(40)24-6-4-5-23(18-24)26-17-22(8-10-28(26)38)11-13-33-29(39)20-36/h4-10,17-19,38H,2-3,11-16,20H2,1H3,(H,33,39)(H,34,40)(H,35,42). The summed E-state index contributed by atoms with van der Waals surface area (Å²) < 4.78 is 0. The predicted octanol–water partition coefficient (Wildman–Crippen LogP) is 3.22. The first-order valence-corrected chi connectivity index (χ1v) is 14.2. The summed E-state index contributed by atoms with van der Waals surface area (Å²) in [5, 5.41) is 19.1. The number of fused-ring (bicyclic) bond motifs is 5. The first kappa shape index (κ1) is 28.7. The lowest BCUT2D eigenvalue weighted by Crippen LogP contribution is -2.42. The monoisotopic (exact) mass is 569 g/mol. The highest BCUT2D eigenvalue weighted by atomic mass is 16.3. The number of carbonyl (C=O) groups is 4. The Morgan fingerprint density at radius 2 is 1.67 bits per heavy atom. The average molecular weight is 570 g/mol. The fraction of sp³-hybridized carbons (Fsp3) is 0.312. The molecule has 42 heavy (non-hydrogen) atoms. The first-order valence-electron chi connectivity index (χ1n) is 14.2.